The summed E-state index contributed by atoms with van der Waals surface area (Å²) in [5, 5.41) is 20.1. The number of anilines is 1. The zero-order valence-electron chi connectivity index (χ0n) is 12.3. The predicted molar refractivity (Wildman–Crippen MR) is 81.8 cm³/mol. The van der Waals surface area contributed by atoms with Crippen molar-refractivity contribution in [2.24, 2.45) is 0 Å². The molecule has 0 radical (unpaired) electrons. The molecule has 1 aromatic carbocycles. The zero-order valence-corrected chi connectivity index (χ0v) is 14.6. The Labute approximate surface area is 158 Å². The van der Waals surface area contributed by atoms with Gasteiger partial charge in [0.25, 0.3) is 0 Å². The van der Waals surface area contributed by atoms with Gasteiger partial charge in [0.2, 0.25) is 0 Å². The molecule has 1 aromatic heterocycles. The Morgan fingerprint density at radius 3 is 2.26 bits per heavy atom. The number of halogens is 8. The average Bonchev–Trinajstić information content (AvgIpc) is 2.85. The second-order valence-corrected chi connectivity index (χ2v) is 6.91. The molecule has 27 heavy (non-hydrogen) atoms. The van der Waals surface area contributed by atoms with Crippen molar-refractivity contribution in [1.82, 2.24) is 9.78 Å². The molecule has 0 aliphatic heterocycles. The Kier molecular flexibility index (Phi) is 5.30. The monoisotopic (exact) mass is 452 g/mol. The fourth-order valence-electron chi connectivity index (χ4n) is 1.97. The van der Waals surface area contributed by atoms with E-state index in [1.165, 1.54) is 6.07 Å². The second kappa shape index (κ2) is 6.77. The number of hydrogen-bond acceptors (Lipinski definition) is 5. The predicted octanol–water partition coefficient (Wildman–Crippen LogP) is 3.98. The Bertz CT molecular complexity index is 996. The van der Waals surface area contributed by atoms with Crippen molar-refractivity contribution in [1.29, 1.82) is 5.26 Å². The van der Waals surface area contributed by atoms with E-state index in [4.69, 9.17) is 34.2 Å². The summed E-state index contributed by atoms with van der Waals surface area (Å²) in [6, 6.07) is 1.48. The van der Waals surface area contributed by atoms with Crippen LogP contribution in [0.3, 0.4) is 0 Å². The molecule has 2 rings (SSSR count). The van der Waals surface area contributed by atoms with Gasteiger partial charge in [0.15, 0.2) is 16.5 Å². The molecule has 1 heterocycles. The van der Waals surface area contributed by atoms with E-state index in [1.807, 2.05) is 0 Å². The number of nitrogens with two attached hydrogens (primary N) is 1. The summed E-state index contributed by atoms with van der Waals surface area (Å²) in [4.78, 5) is -1.23. The highest BCUT2D eigenvalue weighted by Gasteiger charge is 2.43. The minimum atomic E-state index is -5.30. The van der Waals surface area contributed by atoms with Crippen LogP contribution in [0.4, 0.5) is 32.2 Å². The van der Waals surface area contributed by atoms with Crippen molar-refractivity contribution in [3.8, 4) is 17.5 Å². The van der Waals surface area contributed by atoms with Gasteiger partial charge in [-0.15, -0.1) is 0 Å². The summed E-state index contributed by atoms with van der Waals surface area (Å²) in [5.74, 6) is -2.50. The number of alkyl halides is 6. The third-order valence-electron chi connectivity index (χ3n) is 3.06. The lowest BCUT2D eigenvalue weighted by Crippen LogP contribution is -2.18. The van der Waals surface area contributed by atoms with Crippen molar-refractivity contribution in [3.63, 3.8) is 0 Å². The molecule has 0 aliphatic rings. The second-order valence-electron chi connectivity index (χ2n) is 4.72. The molecule has 0 bridgehead atoms. The number of benzene rings is 1. The van der Waals surface area contributed by atoms with Crippen molar-refractivity contribution in [2.45, 2.75) is 16.6 Å². The number of nitriles is 1. The van der Waals surface area contributed by atoms with Crippen LogP contribution >= 0.6 is 23.2 Å². The Balaban J connectivity index is 2.82. The first-order valence-corrected chi connectivity index (χ1v) is 8.18. The van der Waals surface area contributed by atoms with E-state index < -0.39 is 65.9 Å². The van der Waals surface area contributed by atoms with Gasteiger partial charge in [-0.05, 0) is 6.07 Å². The molecule has 0 aliphatic carbocycles. The lowest BCUT2D eigenvalue weighted by Gasteiger charge is -2.15. The Morgan fingerprint density at radius 2 is 1.81 bits per heavy atom. The van der Waals surface area contributed by atoms with Crippen molar-refractivity contribution in [3.05, 3.63) is 27.4 Å². The number of hydrogen-bond donors (Lipinski definition) is 2. The van der Waals surface area contributed by atoms with Gasteiger partial charge in [-0.3, -0.25) is 0 Å². The molecule has 146 valence electrons. The van der Waals surface area contributed by atoms with E-state index in [0.717, 1.165) is 0 Å². The molecule has 0 saturated carbocycles. The van der Waals surface area contributed by atoms with Crippen LogP contribution in [0.1, 0.15) is 11.3 Å². The van der Waals surface area contributed by atoms with Gasteiger partial charge >= 0.3 is 11.7 Å². The highest BCUT2D eigenvalue weighted by atomic mass is 35.5. The van der Waals surface area contributed by atoms with Crippen molar-refractivity contribution < 1.29 is 35.7 Å². The summed E-state index contributed by atoms with van der Waals surface area (Å²) in [6.07, 6.45) is -5.05. The molecule has 15 heteroatoms. The summed E-state index contributed by atoms with van der Waals surface area (Å²) in [5.41, 5.74) is -3.22. The lowest BCUT2D eigenvalue weighted by molar-refractivity contribution is -0.138. The van der Waals surface area contributed by atoms with Crippen LogP contribution in [0.2, 0.25) is 10.0 Å². The van der Waals surface area contributed by atoms with E-state index in [-0.39, 0.29) is 6.07 Å². The fraction of sp³-hybridized carbons (Fsp3) is 0.167. The van der Waals surface area contributed by atoms with E-state index in [2.05, 4.69) is 5.10 Å². The van der Waals surface area contributed by atoms with E-state index in [1.54, 1.807) is 0 Å². The molecule has 2 aromatic rings. The van der Waals surface area contributed by atoms with E-state index >= 15 is 0 Å². The van der Waals surface area contributed by atoms with Crippen molar-refractivity contribution >= 4 is 39.8 Å². The number of aromatic nitrogens is 2. The molecule has 0 saturated heterocycles. The minimum absolute atomic E-state index is 0.242. The van der Waals surface area contributed by atoms with Gasteiger partial charge in [-0.2, -0.15) is 36.7 Å². The minimum Gasteiger partial charge on any atom is -0.506 e. The normalized spacial score (nSPS) is 13.4. The van der Waals surface area contributed by atoms with Gasteiger partial charge in [0, 0.05) is 0 Å². The Morgan fingerprint density at radius 1 is 1.26 bits per heavy atom. The molecule has 0 amide bonds. The number of nitrogens with zero attached hydrogens (tertiary/aromatic N) is 3. The topological polar surface area (TPSA) is 105 Å². The number of aromatic hydroxyl groups is 1. The first kappa shape index (κ1) is 21.1. The van der Waals surface area contributed by atoms with Gasteiger partial charge < -0.3 is 10.8 Å². The lowest BCUT2D eigenvalue weighted by atomic mass is 10.1. The zero-order chi connectivity index (χ0) is 20.9. The van der Waals surface area contributed by atoms with Gasteiger partial charge in [-0.1, -0.05) is 23.2 Å². The number of phenolic OH excluding ortho intramolecular Hbond substituents is 1. The molecule has 1 unspecified atom stereocenters. The molecule has 0 spiro atoms. The molecule has 3 N–H and O–H groups in total. The average molecular weight is 453 g/mol. The quantitative estimate of drug-likeness (QED) is 0.670. The van der Waals surface area contributed by atoms with Gasteiger partial charge in [0.05, 0.1) is 5.02 Å². The maximum absolute atomic E-state index is 12.8. The smallest absolute Gasteiger partial charge is 0.476 e. The number of nitrogen functional groups attached to an aromatic ring is 1. The van der Waals surface area contributed by atoms with Crippen molar-refractivity contribution in [2.75, 3.05) is 5.73 Å². The standard InChI is InChI=1S/C12H4Cl2F6N4O2S/c13-4-1-3(11(15,16)17)8(25)6(14)7(4)24-10(22)9(5(2-21)23-24)27(26)12(18,19)20/h1,25H,22H2. The summed E-state index contributed by atoms with van der Waals surface area (Å²) in [7, 11) is -3.77. The SMILES string of the molecule is N#Cc1nn(-c2c(Cl)cc(C(F)(F)F)c(O)c2Cl)c(N)c1S(=O)C(F)(F)F. The maximum Gasteiger partial charge on any atom is 0.476 e. The van der Waals surface area contributed by atoms with E-state index in [0.29, 0.717) is 4.68 Å². The number of rotatable bonds is 2. The molecular weight excluding hydrogens is 449 g/mol. The van der Waals surface area contributed by atoms with E-state index in [9.17, 15) is 35.7 Å². The summed E-state index contributed by atoms with van der Waals surface area (Å²) >= 11 is 11.4. The fourth-order valence-corrected chi connectivity index (χ4v) is 3.35. The van der Waals surface area contributed by atoms with Crippen LogP contribution in [-0.2, 0) is 17.0 Å². The highest BCUT2D eigenvalue weighted by Crippen LogP contribution is 2.46. The first-order chi connectivity index (χ1) is 12.2. The van der Waals surface area contributed by atoms with Crippen LogP contribution < -0.4 is 5.73 Å². The third-order valence-corrected chi connectivity index (χ3v) is 4.90. The van der Waals surface area contributed by atoms with Crippen LogP contribution in [0.15, 0.2) is 11.0 Å². The molecular formula is C12H4Cl2F6N4O2S. The summed E-state index contributed by atoms with van der Waals surface area (Å²) < 4.78 is 88.6. The molecule has 0 fully saturated rings. The third kappa shape index (κ3) is 3.64. The maximum atomic E-state index is 12.8. The van der Waals surface area contributed by atoms with Crippen LogP contribution in [0.25, 0.3) is 5.69 Å². The number of phenols is 1. The van der Waals surface area contributed by atoms with Crippen LogP contribution in [-0.4, -0.2) is 24.6 Å². The van der Waals surface area contributed by atoms with Gasteiger partial charge in [-0.25, -0.2) is 8.89 Å². The van der Waals surface area contributed by atoms with Gasteiger partial charge in [0.1, 0.15) is 38.8 Å². The van der Waals surface area contributed by atoms with Crippen LogP contribution in [0, 0.1) is 11.3 Å². The first-order valence-electron chi connectivity index (χ1n) is 6.27. The summed E-state index contributed by atoms with van der Waals surface area (Å²) in [6.45, 7) is 0. The molecule has 1 atom stereocenters. The highest BCUT2D eigenvalue weighted by molar-refractivity contribution is 7.86. The Hall–Kier alpha value is -2.17. The largest absolute Gasteiger partial charge is 0.506 e. The van der Waals surface area contributed by atoms with Crippen LogP contribution in [0.5, 0.6) is 5.75 Å². The molecule has 6 nitrogen and oxygen atoms in total.